The van der Waals surface area contributed by atoms with E-state index < -0.39 is 6.04 Å². The van der Waals surface area contributed by atoms with Crippen molar-refractivity contribution in [2.45, 2.75) is 26.3 Å². The molecule has 0 radical (unpaired) electrons. The first-order valence-corrected chi connectivity index (χ1v) is 10.0. The molecule has 158 valence electrons. The number of amides is 3. The number of halogens is 1. The van der Waals surface area contributed by atoms with Crippen LogP contribution in [0.15, 0.2) is 48.5 Å². The minimum atomic E-state index is -0.742. The summed E-state index contributed by atoms with van der Waals surface area (Å²) in [5, 5.41) is 13.4. The van der Waals surface area contributed by atoms with E-state index in [1.807, 2.05) is 19.1 Å². The molecular weight excluding hydrogens is 418 g/mol. The van der Waals surface area contributed by atoms with E-state index in [-0.39, 0.29) is 24.1 Å². The maximum absolute atomic E-state index is 12.6. The van der Waals surface area contributed by atoms with E-state index in [0.717, 1.165) is 16.8 Å². The van der Waals surface area contributed by atoms with Crippen molar-refractivity contribution in [3.8, 4) is 11.1 Å². The number of fused-ring (bicyclic) bond motifs is 1. The van der Waals surface area contributed by atoms with Gasteiger partial charge in [-0.15, -0.1) is 0 Å². The standard InChI is InChI=1S/C22H20ClN5O3/c1-12-20(14-3-5-15(23)6-4-14)21-26-22(31)18(28(21)27-12)11-19(30)25-17-9-7-16(8-10-17)24-13(2)29/h3-10,18H,11H2,1-2H3,(H,24,29)(H,25,30)(H,26,31). The molecule has 1 aliphatic heterocycles. The van der Waals surface area contributed by atoms with Crippen LogP contribution in [-0.2, 0) is 14.4 Å². The lowest BCUT2D eigenvalue weighted by Gasteiger charge is -2.10. The Morgan fingerprint density at radius 2 is 1.68 bits per heavy atom. The molecule has 1 atom stereocenters. The molecule has 0 aliphatic carbocycles. The highest BCUT2D eigenvalue weighted by molar-refractivity contribution is 6.30. The summed E-state index contributed by atoms with van der Waals surface area (Å²) in [6, 6.07) is 13.3. The average molecular weight is 438 g/mol. The monoisotopic (exact) mass is 437 g/mol. The Morgan fingerprint density at radius 3 is 2.29 bits per heavy atom. The smallest absolute Gasteiger partial charge is 0.251 e. The molecule has 2 heterocycles. The molecule has 0 bridgehead atoms. The van der Waals surface area contributed by atoms with Gasteiger partial charge in [-0.3, -0.25) is 14.4 Å². The molecule has 4 rings (SSSR count). The first-order chi connectivity index (χ1) is 14.8. The van der Waals surface area contributed by atoms with Crippen LogP contribution >= 0.6 is 11.6 Å². The molecule has 0 spiro atoms. The topological polar surface area (TPSA) is 105 Å². The Kier molecular flexibility index (Phi) is 5.48. The van der Waals surface area contributed by atoms with Gasteiger partial charge in [-0.2, -0.15) is 5.10 Å². The summed E-state index contributed by atoms with van der Waals surface area (Å²) in [4.78, 5) is 36.2. The fourth-order valence-corrected chi connectivity index (χ4v) is 3.70. The summed E-state index contributed by atoms with van der Waals surface area (Å²) < 4.78 is 1.57. The molecule has 3 amide bonds. The molecule has 0 saturated carbocycles. The van der Waals surface area contributed by atoms with Crippen molar-refractivity contribution in [1.29, 1.82) is 0 Å². The van der Waals surface area contributed by atoms with Gasteiger partial charge in [-0.1, -0.05) is 23.7 Å². The van der Waals surface area contributed by atoms with E-state index in [4.69, 9.17) is 11.6 Å². The molecule has 3 aromatic rings. The lowest BCUT2D eigenvalue weighted by molar-refractivity contribution is -0.123. The summed E-state index contributed by atoms with van der Waals surface area (Å²) in [6.07, 6.45) is -0.0620. The fraction of sp³-hybridized carbons (Fsp3) is 0.182. The van der Waals surface area contributed by atoms with E-state index in [9.17, 15) is 14.4 Å². The number of hydrogen-bond acceptors (Lipinski definition) is 4. The van der Waals surface area contributed by atoms with Crippen LogP contribution in [0, 0.1) is 6.92 Å². The van der Waals surface area contributed by atoms with Crippen LogP contribution in [0.25, 0.3) is 11.1 Å². The summed E-state index contributed by atoms with van der Waals surface area (Å²) in [7, 11) is 0. The molecule has 3 N–H and O–H groups in total. The number of hydrogen-bond donors (Lipinski definition) is 3. The Labute approximate surface area is 183 Å². The van der Waals surface area contributed by atoms with Gasteiger partial charge < -0.3 is 16.0 Å². The van der Waals surface area contributed by atoms with Gasteiger partial charge in [0.2, 0.25) is 11.8 Å². The second kappa shape index (κ2) is 8.23. The van der Waals surface area contributed by atoms with Gasteiger partial charge in [-0.25, -0.2) is 4.68 Å². The van der Waals surface area contributed by atoms with E-state index in [1.165, 1.54) is 6.92 Å². The van der Waals surface area contributed by atoms with Crippen molar-refractivity contribution in [2.75, 3.05) is 16.0 Å². The Hall–Kier alpha value is -3.65. The Bertz CT molecular complexity index is 1170. The molecule has 1 aromatic heterocycles. The lowest BCUT2D eigenvalue weighted by Crippen LogP contribution is -2.23. The maximum atomic E-state index is 12.6. The number of aryl methyl sites for hydroxylation is 1. The van der Waals surface area contributed by atoms with Gasteiger partial charge in [0.15, 0.2) is 0 Å². The Balaban J connectivity index is 1.50. The third-order valence-electron chi connectivity index (χ3n) is 4.93. The minimum absolute atomic E-state index is 0.0620. The van der Waals surface area contributed by atoms with Crippen molar-refractivity contribution in [2.24, 2.45) is 0 Å². The van der Waals surface area contributed by atoms with Crippen molar-refractivity contribution in [3.63, 3.8) is 0 Å². The zero-order valence-corrected chi connectivity index (χ0v) is 17.7. The van der Waals surface area contributed by atoms with Crippen LogP contribution in [0.1, 0.15) is 25.1 Å². The van der Waals surface area contributed by atoms with Crippen LogP contribution in [-0.4, -0.2) is 27.5 Å². The number of carbonyl (C=O) groups is 3. The number of benzene rings is 2. The third kappa shape index (κ3) is 4.29. The van der Waals surface area contributed by atoms with E-state index in [0.29, 0.717) is 22.2 Å². The normalized spacial score (nSPS) is 14.7. The number of carbonyl (C=O) groups excluding carboxylic acids is 3. The van der Waals surface area contributed by atoms with Gasteiger partial charge in [0, 0.05) is 28.9 Å². The SMILES string of the molecule is CC(=O)Nc1ccc(NC(=O)CC2C(=O)Nc3c(-c4ccc(Cl)cc4)c(C)nn32)cc1. The molecule has 1 aliphatic rings. The molecule has 8 nitrogen and oxygen atoms in total. The molecule has 2 aromatic carbocycles. The van der Waals surface area contributed by atoms with Crippen molar-refractivity contribution in [3.05, 3.63) is 59.2 Å². The van der Waals surface area contributed by atoms with Gasteiger partial charge >= 0.3 is 0 Å². The summed E-state index contributed by atoms with van der Waals surface area (Å²) in [5.41, 5.74) is 3.63. The van der Waals surface area contributed by atoms with Crippen molar-refractivity contribution < 1.29 is 14.4 Å². The molecule has 0 saturated heterocycles. The fourth-order valence-electron chi connectivity index (χ4n) is 3.57. The number of aromatic nitrogens is 2. The molecule has 0 fully saturated rings. The van der Waals surface area contributed by atoms with Crippen molar-refractivity contribution in [1.82, 2.24) is 9.78 Å². The van der Waals surface area contributed by atoms with Crippen LogP contribution in [0.4, 0.5) is 17.2 Å². The highest BCUT2D eigenvalue weighted by Gasteiger charge is 2.36. The summed E-state index contributed by atoms with van der Waals surface area (Å²) >= 11 is 5.98. The van der Waals surface area contributed by atoms with E-state index >= 15 is 0 Å². The van der Waals surface area contributed by atoms with Gasteiger partial charge in [0.05, 0.1) is 12.1 Å². The molecular formula is C22H20ClN5O3. The van der Waals surface area contributed by atoms with Gasteiger partial charge in [-0.05, 0) is 48.9 Å². The largest absolute Gasteiger partial charge is 0.326 e. The number of anilines is 3. The van der Waals surface area contributed by atoms with E-state index in [2.05, 4.69) is 21.0 Å². The average Bonchev–Trinajstić information content (AvgIpc) is 3.18. The van der Waals surface area contributed by atoms with Gasteiger partial charge in [0.1, 0.15) is 11.9 Å². The molecule has 1 unspecified atom stereocenters. The predicted octanol–water partition coefficient (Wildman–Crippen LogP) is 3.99. The zero-order chi connectivity index (χ0) is 22.1. The number of nitrogens with one attached hydrogen (secondary N) is 3. The van der Waals surface area contributed by atoms with Crippen LogP contribution in [0.3, 0.4) is 0 Å². The van der Waals surface area contributed by atoms with Gasteiger partial charge in [0.25, 0.3) is 5.91 Å². The Morgan fingerprint density at radius 1 is 1.06 bits per heavy atom. The molecule has 31 heavy (non-hydrogen) atoms. The minimum Gasteiger partial charge on any atom is -0.326 e. The summed E-state index contributed by atoms with van der Waals surface area (Å²) in [6.45, 7) is 3.28. The van der Waals surface area contributed by atoms with Crippen LogP contribution < -0.4 is 16.0 Å². The second-order valence-corrected chi connectivity index (χ2v) is 7.71. The highest BCUT2D eigenvalue weighted by atomic mass is 35.5. The number of rotatable bonds is 5. The quantitative estimate of drug-likeness (QED) is 0.561. The van der Waals surface area contributed by atoms with Crippen LogP contribution in [0.2, 0.25) is 5.02 Å². The lowest BCUT2D eigenvalue weighted by atomic mass is 10.1. The van der Waals surface area contributed by atoms with Crippen LogP contribution in [0.5, 0.6) is 0 Å². The van der Waals surface area contributed by atoms with Crippen molar-refractivity contribution >= 4 is 46.5 Å². The maximum Gasteiger partial charge on any atom is 0.251 e. The highest BCUT2D eigenvalue weighted by Crippen LogP contribution is 2.38. The predicted molar refractivity (Wildman–Crippen MR) is 119 cm³/mol. The first-order valence-electron chi connectivity index (χ1n) is 9.65. The molecule has 9 heteroatoms. The second-order valence-electron chi connectivity index (χ2n) is 7.28. The summed E-state index contributed by atoms with van der Waals surface area (Å²) in [5.74, 6) is -0.204. The zero-order valence-electron chi connectivity index (χ0n) is 16.9. The third-order valence-corrected chi connectivity index (χ3v) is 5.18. The first kappa shape index (κ1) is 20.6. The van der Waals surface area contributed by atoms with E-state index in [1.54, 1.807) is 41.1 Å². The number of nitrogens with zero attached hydrogens (tertiary/aromatic N) is 2.